The van der Waals surface area contributed by atoms with Gasteiger partial charge in [0.25, 0.3) is 0 Å². The molecule has 2 rings (SSSR count). The lowest BCUT2D eigenvalue weighted by atomic mass is 10.0. The largest absolute Gasteiger partial charge is 0.354 e. The normalized spacial score (nSPS) is 11.7. The zero-order valence-electron chi connectivity index (χ0n) is 18.9. The number of aryl methyl sites for hydroxylation is 3. The number of amides is 2. The molecule has 0 heterocycles. The minimum absolute atomic E-state index is 0.0228. The van der Waals surface area contributed by atoms with E-state index in [2.05, 4.69) is 42.6 Å². The minimum Gasteiger partial charge on any atom is -0.354 e. The lowest BCUT2D eigenvalue weighted by molar-refractivity contribution is -0.141. The standard InChI is InChI=1S/C26H36N2O2/c1-5-17-27-26(30)24(7-3)28(19-23-10-8-9-20(4)18-23)25(29)16-15-22-13-11-21(6-2)12-14-22/h8-14,18,24H,5-7,15-17,19H2,1-4H3,(H,27,30)/t24-/m0/s1. The van der Waals surface area contributed by atoms with Crippen molar-refractivity contribution < 1.29 is 9.59 Å². The highest BCUT2D eigenvalue weighted by atomic mass is 16.2. The molecule has 2 aromatic rings. The fourth-order valence-electron chi connectivity index (χ4n) is 3.63. The van der Waals surface area contributed by atoms with Crippen LogP contribution in [-0.4, -0.2) is 29.3 Å². The van der Waals surface area contributed by atoms with Crippen LogP contribution in [0.2, 0.25) is 0 Å². The summed E-state index contributed by atoms with van der Waals surface area (Å²) in [4.78, 5) is 27.8. The fraction of sp³-hybridized carbons (Fsp3) is 0.462. The third kappa shape index (κ3) is 7.01. The molecule has 0 aliphatic rings. The van der Waals surface area contributed by atoms with Crippen molar-refractivity contribution in [2.24, 2.45) is 0 Å². The highest BCUT2D eigenvalue weighted by Gasteiger charge is 2.28. The maximum absolute atomic E-state index is 13.3. The van der Waals surface area contributed by atoms with Crippen molar-refractivity contribution in [2.75, 3.05) is 6.54 Å². The number of carbonyl (C=O) groups excluding carboxylic acids is 2. The van der Waals surface area contributed by atoms with Gasteiger partial charge in [-0.15, -0.1) is 0 Å². The van der Waals surface area contributed by atoms with Crippen LogP contribution < -0.4 is 5.32 Å². The molecule has 0 radical (unpaired) electrons. The lowest BCUT2D eigenvalue weighted by Gasteiger charge is -2.31. The molecule has 0 saturated heterocycles. The van der Waals surface area contributed by atoms with Crippen LogP contribution in [0.4, 0.5) is 0 Å². The number of benzene rings is 2. The topological polar surface area (TPSA) is 49.4 Å². The van der Waals surface area contributed by atoms with E-state index in [4.69, 9.17) is 0 Å². The zero-order chi connectivity index (χ0) is 21.9. The van der Waals surface area contributed by atoms with Crippen LogP contribution in [0.1, 0.15) is 62.3 Å². The summed E-state index contributed by atoms with van der Waals surface area (Å²) in [5.74, 6) is -0.0396. The zero-order valence-corrected chi connectivity index (χ0v) is 18.9. The van der Waals surface area contributed by atoms with Crippen LogP contribution in [0, 0.1) is 6.92 Å². The van der Waals surface area contributed by atoms with Crippen LogP contribution in [-0.2, 0) is 29.0 Å². The molecule has 0 fully saturated rings. The molecule has 0 aliphatic carbocycles. The highest BCUT2D eigenvalue weighted by molar-refractivity contribution is 5.87. The smallest absolute Gasteiger partial charge is 0.242 e. The van der Waals surface area contributed by atoms with Gasteiger partial charge in [0, 0.05) is 19.5 Å². The number of hydrogen-bond acceptors (Lipinski definition) is 2. The lowest BCUT2D eigenvalue weighted by Crippen LogP contribution is -2.49. The van der Waals surface area contributed by atoms with E-state index in [1.807, 2.05) is 39.0 Å². The van der Waals surface area contributed by atoms with Gasteiger partial charge in [-0.1, -0.05) is 74.9 Å². The van der Waals surface area contributed by atoms with Crippen molar-refractivity contribution >= 4 is 11.8 Å². The molecule has 4 nitrogen and oxygen atoms in total. The maximum Gasteiger partial charge on any atom is 0.242 e. The molecular weight excluding hydrogens is 372 g/mol. The Morgan fingerprint density at radius 1 is 0.967 bits per heavy atom. The van der Waals surface area contributed by atoms with Gasteiger partial charge >= 0.3 is 0 Å². The summed E-state index contributed by atoms with van der Waals surface area (Å²) < 4.78 is 0. The van der Waals surface area contributed by atoms with Gasteiger partial charge in [0.15, 0.2) is 0 Å². The molecule has 0 saturated carbocycles. The summed E-state index contributed by atoms with van der Waals surface area (Å²) in [7, 11) is 0. The van der Waals surface area contributed by atoms with E-state index in [-0.39, 0.29) is 11.8 Å². The first-order valence-corrected chi connectivity index (χ1v) is 11.2. The van der Waals surface area contributed by atoms with Gasteiger partial charge in [0.2, 0.25) is 11.8 Å². The first-order chi connectivity index (χ1) is 14.5. The monoisotopic (exact) mass is 408 g/mol. The third-order valence-electron chi connectivity index (χ3n) is 5.43. The summed E-state index contributed by atoms with van der Waals surface area (Å²) in [6, 6.07) is 16.1. The molecule has 1 N–H and O–H groups in total. The second-order valence-electron chi connectivity index (χ2n) is 7.90. The first kappa shape index (κ1) is 23.7. The van der Waals surface area contributed by atoms with E-state index in [0.717, 1.165) is 29.5 Å². The Bertz CT molecular complexity index is 814. The SMILES string of the molecule is CCCNC(=O)[C@H](CC)N(Cc1cccc(C)c1)C(=O)CCc1ccc(CC)cc1. The Morgan fingerprint density at radius 3 is 2.27 bits per heavy atom. The Morgan fingerprint density at radius 2 is 1.67 bits per heavy atom. The molecule has 0 unspecified atom stereocenters. The maximum atomic E-state index is 13.3. The predicted molar refractivity (Wildman–Crippen MR) is 123 cm³/mol. The molecule has 1 atom stereocenters. The second kappa shape index (κ2) is 12.2. The van der Waals surface area contributed by atoms with Crippen molar-refractivity contribution in [1.82, 2.24) is 10.2 Å². The Balaban J connectivity index is 2.16. The molecule has 4 heteroatoms. The van der Waals surface area contributed by atoms with Gasteiger partial charge in [0.1, 0.15) is 6.04 Å². The van der Waals surface area contributed by atoms with Gasteiger partial charge in [-0.25, -0.2) is 0 Å². The van der Waals surface area contributed by atoms with Crippen LogP contribution in [0.25, 0.3) is 0 Å². The van der Waals surface area contributed by atoms with Gasteiger partial charge in [-0.05, 0) is 49.3 Å². The number of nitrogens with zero attached hydrogens (tertiary/aromatic N) is 1. The van der Waals surface area contributed by atoms with Crippen LogP contribution >= 0.6 is 0 Å². The van der Waals surface area contributed by atoms with E-state index in [1.54, 1.807) is 4.90 Å². The van der Waals surface area contributed by atoms with E-state index >= 15 is 0 Å². The van der Waals surface area contributed by atoms with Crippen molar-refractivity contribution in [2.45, 2.75) is 72.4 Å². The van der Waals surface area contributed by atoms with Gasteiger partial charge in [0.05, 0.1) is 0 Å². The quantitative estimate of drug-likeness (QED) is 0.579. The summed E-state index contributed by atoms with van der Waals surface area (Å²) >= 11 is 0. The minimum atomic E-state index is -0.452. The Hall–Kier alpha value is -2.62. The van der Waals surface area contributed by atoms with Crippen LogP contribution in [0.3, 0.4) is 0 Å². The summed E-state index contributed by atoms with van der Waals surface area (Å²) in [5, 5.41) is 2.97. The molecule has 0 aromatic heterocycles. The molecular formula is C26H36N2O2. The molecule has 0 bridgehead atoms. The third-order valence-corrected chi connectivity index (χ3v) is 5.43. The number of hydrogen-bond donors (Lipinski definition) is 1. The predicted octanol–water partition coefficient (Wildman–Crippen LogP) is 4.82. The van der Waals surface area contributed by atoms with E-state index in [1.165, 1.54) is 5.56 Å². The molecule has 2 aromatic carbocycles. The summed E-state index contributed by atoms with van der Waals surface area (Å²) in [5.41, 5.74) is 4.65. The molecule has 162 valence electrons. The van der Waals surface area contributed by atoms with E-state index < -0.39 is 6.04 Å². The number of nitrogens with one attached hydrogen (secondary N) is 1. The van der Waals surface area contributed by atoms with Gasteiger partial charge in [-0.3, -0.25) is 9.59 Å². The van der Waals surface area contributed by atoms with E-state index in [9.17, 15) is 9.59 Å². The molecule has 0 aliphatic heterocycles. The van der Waals surface area contributed by atoms with Crippen molar-refractivity contribution in [3.63, 3.8) is 0 Å². The van der Waals surface area contributed by atoms with Crippen LogP contribution in [0.5, 0.6) is 0 Å². The summed E-state index contributed by atoms with van der Waals surface area (Å²) in [6.45, 7) is 9.26. The molecule has 0 spiro atoms. The van der Waals surface area contributed by atoms with Gasteiger partial charge < -0.3 is 10.2 Å². The number of rotatable bonds is 11. The average Bonchev–Trinajstić information content (AvgIpc) is 2.76. The van der Waals surface area contributed by atoms with Crippen molar-refractivity contribution in [3.05, 3.63) is 70.8 Å². The number of carbonyl (C=O) groups is 2. The highest BCUT2D eigenvalue weighted by Crippen LogP contribution is 2.16. The first-order valence-electron chi connectivity index (χ1n) is 11.2. The average molecular weight is 409 g/mol. The summed E-state index contributed by atoms with van der Waals surface area (Å²) in [6.07, 6.45) is 3.56. The van der Waals surface area contributed by atoms with E-state index in [0.29, 0.717) is 32.4 Å². The molecule has 2 amide bonds. The Kier molecular flexibility index (Phi) is 9.59. The van der Waals surface area contributed by atoms with Crippen LogP contribution in [0.15, 0.2) is 48.5 Å². The second-order valence-corrected chi connectivity index (χ2v) is 7.90. The van der Waals surface area contributed by atoms with Gasteiger partial charge in [-0.2, -0.15) is 0 Å². The van der Waals surface area contributed by atoms with Crippen molar-refractivity contribution in [3.8, 4) is 0 Å². The van der Waals surface area contributed by atoms with Crippen molar-refractivity contribution in [1.29, 1.82) is 0 Å². The fourth-order valence-corrected chi connectivity index (χ4v) is 3.63. The molecule has 30 heavy (non-hydrogen) atoms. The Labute approximate surface area is 181 Å².